The Morgan fingerprint density at radius 2 is 2.00 bits per heavy atom. The zero-order chi connectivity index (χ0) is 14.3. The molecule has 0 aliphatic rings. The van der Waals surface area contributed by atoms with Gasteiger partial charge in [-0.05, 0) is 30.5 Å². The smallest absolute Gasteiger partial charge is 0.265 e. The maximum absolute atomic E-state index is 12.9. The summed E-state index contributed by atoms with van der Waals surface area (Å²) < 4.78 is 25.8. The van der Waals surface area contributed by atoms with E-state index in [0.717, 1.165) is 19.4 Å². The minimum atomic E-state index is -2.50. The summed E-state index contributed by atoms with van der Waals surface area (Å²) in [4.78, 5) is 0. The monoisotopic (exact) mass is 270 g/mol. The van der Waals surface area contributed by atoms with Crippen LogP contribution >= 0.6 is 0 Å². The lowest BCUT2D eigenvalue weighted by atomic mass is 9.99. The Kier molecular flexibility index (Phi) is 6.60. The van der Waals surface area contributed by atoms with E-state index in [9.17, 15) is 8.78 Å². The lowest BCUT2D eigenvalue weighted by molar-refractivity contribution is 0.152. The van der Waals surface area contributed by atoms with E-state index in [-0.39, 0.29) is 5.56 Å². The molecule has 0 heterocycles. The standard InChI is InChI=1S/C15H24F2N2/c1-3-5-6-11(4-2)10-19-14-8-7-12(18)9-13(14)15(16)17/h7-9,11,15,19H,3-6,10,18H2,1-2H3. The van der Waals surface area contributed by atoms with Gasteiger partial charge in [-0.1, -0.05) is 33.1 Å². The molecule has 0 bridgehead atoms. The molecule has 0 radical (unpaired) electrons. The van der Waals surface area contributed by atoms with E-state index >= 15 is 0 Å². The van der Waals surface area contributed by atoms with Crippen molar-refractivity contribution in [3.8, 4) is 0 Å². The predicted molar refractivity (Wildman–Crippen MR) is 77.6 cm³/mol. The van der Waals surface area contributed by atoms with Gasteiger partial charge in [0.15, 0.2) is 0 Å². The van der Waals surface area contributed by atoms with Crippen LogP contribution in [0.15, 0.2) is 18.2 Å². The second-order valence-corrected chi connectivity index (χ2v) is 4.94. The number of anilines is 2. The minimum Gasteiger partial charge on any atom is -0.399 e. The Morgan fingerprint density at radius 1 is 1.26 bits per heavy atom. The minimum absolute atomic E-state index is 0.00894. The maximum Gasteiger partial charge on any atom is 0.265 e. The first-order valence-electron chi connectivity index (χ1n) is 6.99. The van der Waals surface area contributed by atoms with Gasteiger partial charge < -0.3 is 11.1 Å². The van der Waals surface area contributed by atoms with Gasteiger partial charge in [0.05, 0.1) is 0 Å². The van der Waals surface area contributed by atoms with Crippen LogP contribution in [0.25, 0.3) is 0 Å². The summed E-state index contributed by atoms with van der Waals surface area (Å²) in [5.74, 6) is 0.531. The van der Waals surface area contributed by atoms with Gasteiger partial charge in [-0.2, -0.15) is 0 Å². The molecule has 1 unspecified atom stereocenters. The number of halogens is 2. The zero-order valence-electron chi connectivity index (χ0n) is 11.8. The van der Waals surface area contributed by atoms with Crippen molar-refractivity contribution in [1.82, 2.24) is 0 Å². The van der Waals surface area contributed by atoms with Gasteiger partial charge in [0.1, 0.15) is 0 Å². The van der Waals surface area contributed by atoms with E-state index in [1.54, 1.807) is 12.1 Å². The summed E-state index contributed by atoms with van der Waals surface area (Å²) in [5, 5.41) is 3.15. The summed E-state index contributed by atoms with van der Waals surface area (Å²) in [5.41, 5.74) is 6.42. The number of nitrogens with two attached hydrogens (primary N) is 1. The molecule has 19 heavy (non-hydrogen) atoms. The van der Waals surface area contributed by atoms with E-state index in [0.29, 0.717) is 17.3 Å². The Bertz CT molecular complexity index is 380. The number of benzene rings is 1. The highest BCUT2D eigenvalue weighted by molar-refractivity contribution is 5.58. The van der Waals surface area contributed by atoms with E-state index in [2.05, 4.69) is 19.2 Å². The van der Waals surface area contributed by atoms with Crippen molar-refractivity contribution in [2.75, 3.05) is 17.6 Å². The van der Waals surface area contributed by atoms with Crippen LogP contribution < -0.4 is 11.1 Å². The van der Waals surface area contributed by atoms with Gasteiger partial charge in [-0.3, -0.25) is 0 Å². The lowest BCUT2D eigenvalue weighted by Crippen LogP contribution is -2.14. The molecule has 1 atom stereocenters. The largest absolute Gasteiger partial charge is 0.399 e. The Balaban J connectivity index is 2.65. The van der Waals surface area contributed by atoms with Crippen LogP contribution in [0.3, 0.4) is 0 Å². The fourth-order valence-electron chi connectivity index (χ4n) is 2.12. The first-order valence-corrected chi connectivity index (χ1v) is 6.99. The van der Waals surface area contributed by atoms with Crippen LogP contribution in [0.2, 0.25) is 0 Å². The fourth-order valence-corrected chi connectivity index (χ4v) is 2.12. The SMILES string of the molecule is CCCCC(CC)CNc1ccc(N)cc1C(F)F. The first kappa shape index (κ1) is 15.7. The summed E-state index contributed by atoms with van der Waals surface area (Å²) in [6.45, 7) is 5.04. The summed E-state index contributed by atoms with van der Waals surface area (Å²) in [7, 11) is 0. The quantitative estimate of drug-likeness (QED) is 0.664. The summed E-state index contributed by atoms with van der Waals surface area (Å²) in [6.07, 6.45) is 2.05. The van der Waals surface area contributed by atoms with Crippen LogP contribution in [0.5, 0.6) is 0 Å². The van der Waals surface area contributed by atoms with Crippen LogP contribution in [0.4, 0.5) is 20.2 Å². The molecule has 0 saturated heterocycles. The number of alkyl halides is 2. The van der Waals surface area contributed by atoms with Crippen molar-refractivity contribution in [2.45, 2.75) is 46.0 Å². The Labute approximate surface area is 114 Å². The Morgan fingerprint density at radius 3 is 2.58 bits per heavy atom. The van der Waals surface area contributed by atoms with Crippen LogP contribution in [-0.4, -0.2) is 6.54 Å². The number of nitrogen functional groups attached to an aromatic ring is 1. The maximum atomic E-state index is 12.9. The number of nitrogens with one attached hydrogen (secondary N) is 1. The molecule has 0 fully saturated rings. The molecule has 1 aromatic rings. The van der Waals surface area contributed by atoms with E-state index in [4.69, 9.17) is 5.73 Å². The van der Waals surface area contributed by atoms with Gasteiger partial charge in [0, 0.05) is 23.5 Å². The average molecular weight is 270 g/mol. The number of rotatable bonds is 8. The molecule has 0 spiro atoms. The van der Waals surface area contributed by atoms with Crippen molar-refractivity contribution in [3.05, 3.63) is 23.8 Å². The highest BCUT2D eigenvalue weighted by Gasteiger charge is 2.14. The van der Waals surface area contributed by atoms with Crippen molar-refractivity contribution in [1.29, 1.82) is 0 Å². The topological polar surface area (TPSA) is 38.0 Å². The van der Waals surface area contributed by atoms with Crippen molar-refractivity contribution in [2.24, 2.45) is 5.92 Å². The molecule has 3 N–H and O–H groups in total. The molecule has 4 heteroatoms. The first-order chi connectivity index (χ1) is 9.08. The second kappa shape index (κ2) is 7.97. The van der Waals surface area contributed by atoms with Crippen LogP contribution in [0.1, 0.15) is 51.5 Å². The van der Waals surface area contributed by atoms with Gasteiger partial charge in [0.2, 0.25) is 0 Å². The molecule has 0 aliphatic heterocycles. The number of unbranched alkanes of at least 4 members (excludes halogenated alkanes) is 1. The molecule has 0 aromatic heterocycles. The van der Waals surface area contributed by atoms with Crippen molar-refractivity contribution >= 4 is 11.4 Å². The molecule has 0 aliphatic carbocycles. The summed E-state index contributed by atoms with van der Waals surface area (Å²) >= 11 is 0. The molecule has 1 rings (SSSR count). The van der Waals surface area contributed by atoms with Gasteiger partial charge in [-0.15, -0.1) is 0 Å². The number of hydrogen-bond donors (Lipinski definition) is 2. The molecule has 2 nitrogen and oxygen atoms in total. The third kappa shape index (κ3) is 5.05. The predicted octanol–water partition coefficient (Wildman–Crippen LogP) is 4.83. The fraction of sp³-hybridized carbons (Fsp3) is 0.600. The normalized spacial score (nSPS) is 12.7. The van der Waals surface area contributed by atoms with Gasteiger partial charge in [0.25, 0.3) is 6.43 Å². The van der Waals surface area contributed by atoms with E-state index in [1.165, 1.54) is 18.9 Å². The van der Waals surface area contributed by atoms with Crippen LogP contribution in [-0.2, 0) is 0 Å². The highest BCUT2D eigenvalue weighted by Crippen LogP contribution is 2.29. The lowest BCUT2D eigenvalue weighted by Gasteiger charge is -2.18. The number of hydrogen-bond acceptors (Lipinski definition) is 2. The second-order valence-electron chi connectivity index (χ2n) is 4.94. The van der Waals surface area contributed by atoms with Crippen molar-refractivity contribution < 1.29 is 8.78 Å². The zero-order valence-corrected chi connectivity index (χ0v) is 11.8. The average Bonchev–Trinajstić information content (AvgIpc) is 2.40. The molecular weight excluding hydrogens is 246 g/mol. The van der Waals surface area contributed by atoms with E-state index in [1.807, 2.05) is 0 Å². The van der Waals surface area contributed by atoms with E-state index < -0.39 is 6.43 Å². The Hall–Kier alpha value is -1.32. The van der Waals surface area contributed by atoms with Crippen molar-refractivity contribution in [3.63, 3.8) is 0 Å². The van der Waals surface area contributed by atoms with Gasteiger partial charge in [-0.25, -0.2) is 8.78 Å². The third-order valence-corrected chi connectivity index (χ3v) is 3.44. The third-order valence-electron chi connectivity index (χ3n) is 3.44. The molecule has 108 valence electrons. The summed E-state index contributed by atoms with van der Waals surface area (Å²) in [6, 6.07) is 4.64. The molecule has 0 amide bonds. The highest BCUT2D eigenvalue weighted by atomic mass is 19.3. The molecule has 1 aromatic carbocycles. The molecule has 0 saturated carbocycles. The van der Waals surface area contributed by atoms with Gasteiger partial charge >= 0.3 is 0 Å². The molecular formula is C15H24F2N2. The van der Waals surface area contributed by atoms with Crippen LogP contribution in [0, 0.1) is 5.92 Å².